The first kappa shape index (κ1) is 15.7. The molecule has 1 fully saturated rings. The molecular formula is C17H19N3O2S. The number of hydrogen-bond donors (Lipinski definition) is 1. The van der Waals surface area contributed by atoms with E-state index in [9.17, 15) is 9.59 Å². The largest absolute Gasteiger partial charge is 0.347 e. The van der Waals surface area contributed by atoms with Crippen LogP contribution in [0.1, 0.15) is 39.5 Å². The zero-order valence-electron chi connectivity index (χ0n) is 13.0. The van der Waals surface area contributed by atoms with Crippen molar-refractivity contribution >= 4 is 23.2 Å². The van der Waals surface area contributed by atoms with Crippen molar-refractivity contribution in [2.24, 2.45) is 0 Å². The van der Waals surface area contributed by atoms with E-state index in [0.717, 1.165) is 29.1 Å². The van der Waals surface area contributed by atoms with E-state index in [0.29, 0.717) is 25.2 Å². The van der Waals surface area contributed by atoms with Crippen LogP contribution in [0, 0.1) is 6.92 Å². The average molecular weight is 329 g/mol. The van der Waals surface area contributed by atoms with Crippen molar-refractivity contribution < 1.29 is 9.59 Å². The predicted molar refractivity (Wildman–Crippen MR) is 89.1 cm³/mol. The first-order valence-electron chi connectivity index (χ1n) is 7.68. The van der Waals surface area contributed by atoms with Crippen molar-refractivity contribution in [2.75, 3.05) is 6.54 Å². The lowest BCUT2D eigenvalue weighted by Gasteiger charge is -2.15. The van der Waals surface area contributed by atoms with Crippen molar-refractivity contribution in [3.63, 3.8) is 0 Å². The molecule has 1 N–H and O–H groups in total. The summed E-state index contributed by atoms with van der Waals surface area (Å²) in [6.45, 7) is 3.87. The SMILES string of the molecule is Cc1nc(C(=O)NCc2ccc(CN3CCCC3=O)cc2)cs1. The summed E-state index contributed by atoms with van der Waals surface area (Å²) in [6.07, 6.45) is 1.62. The summed E-state index contributed by atoms with van der Waals surface area (Å²) >= 11 is 1.47. The van der Waals surface area contributed by atoms with Gasteiger partial charge in [0.15, 0.2) is 0 Å². The Morgan fingerprint density at radius 1 is 1.30 bits per heavy atom. The minimum atomic E-state index is -0.152. The van der Waals surface area contributed by atoms with E-state index >= 15 is 0 Å². The van der Waals surface area contributed by atoms with Gasteiger partial charge >= 0.3 is 0 Å². The van der Waals surface area contributed by atoms with Crippen molar-refractivity contribution in [1.82, 2.24) is 15.2 Å². The highest BCUT2D eigenvalue weighted by atomic mass is 32.1. The third-order valence-electron chi connectivity index (χ3n) is 3.87. The Bertz CT molecular complexity index is 709. The van der Waals surface area contributed by atoms with Gasteiger partial charge in [0.25, 0.3) is 5.91 Å². The maximum absolute atomic E-state index is 12.0. The molecule has 0 atom stereocenters. The van der Waals surface area contributed by atoms with Crippen molar-refractivity contribution in [3.8, 4) is 0 Å². The normalized spacial score (nSPS) is 14.3. The van der Waals surface area contributed by atoms with Crippen molar-refractivity contribution in [2.45, 2.75) is 32.9 Å². The molecule has 23 heavy (non-hydrogen) atoms. The molecule has 2 amide bonds. The highest BCUT2D eigenvalue weighted by molar-refractivity contribution is 7.09. The second-order valence-corrected chi connectivity index (χ2v) is 6.73. The van der Waals surface area contributed by atoms with Gasteiger partial charge in [0, 0.05) is 31.4 Å². The fourth-order valence-electron chi connectivity index (χ4n) is 2.59. The second-order valence-electron chi connectivity index (χ2n) is 5.67. The third kappa shape index (κ3) is 3.96. The molecule has 2 aromatic rings. The summed E-state index contributed by atoms with van der Waals surface area (Å²) in [5, 5.41) is 5.52. The molecule has 0 radical (unpaired) electrons. The second kappa shape index (κ2) is 6.91. The smallest absolute Gasteiger partial charge is 0.271 e. The Hall–Kier alpha value is -2.21. The first-order valence-corrected chi connectivity index (χ1v) is 8.56. The molecule has 0 aliphatic carbocycles. The highest BCUT2D eigenvalue weighted by Gasteiger charge is 2.19. The lowest BCUT2D eigenvalue weighted by Crippen LogP contribution is -2.24. The van der Waals surface area contributed by atoms with Gasteiger partial charge in [-0.1, -0.05) is 24.3 Å². The monoisotopic (exact) mass is 329 g/mol. The Morgan fingerprint density at radius 3 is 2.65 bits per heavy atom. The summed E-state index contributed by atoms with van der Waals surface area (Å²) in [4.78, 5) is 29.6. The molecule has 0 unspecified atom stereocenters. The van der Waals surface area contributed by atoms with Gasteiger partial charge in [0.05, 0.1) is 5.01 Å². The predicted octanol–water partition coefficient (Wildman–Crippen LogP) is 2.50. The van der Waals surface area contributed by atoms with Crippen LogP contribution in [-0.2, 0) is 17.9 Å². The van der Waals surface area contributed by atoms with Gasteiger partial charge in [-0.2, -0.15) is 0 Å². The van der Waals surface area contributed by atoms with Crippen LogP contribution in [0.2, 0.25) is 0 Å². The molecule has 2 heterocycles. The molecule has 0 bridgehead atoms. The Balaban J connectivity index is 1.53. The van der Waals surface area contributed by atoms with Gasteiger partial charge in [-0.25, -0.2) is 4.98 Å². The van der Waals surface area contributed by atoms with Gasteiger partial charge in [0.1, 0.15) is 5.69 Å². The number of aryl methyl sites for hydroxylation is 1. The average Bonchev–Trinajstić information content (AvgIpc) is 3.15. The molecule has 1 saturated heterocycles. The molecule has 6 heteroatoms. The molecular weight excluding hydrogens is 310 g/mol. The van der Waals surface area contributed by atoms with E-state index in [1.165, 1.54) is 11.3 Å². The molecule has 1 aromatic carbocycles. The minimum Gasteiger partial charge on any atom is -0.347 e. The molecule has 3 rings (SSSR count). The van der Waals surface area contributed by atoms with E-state index in [-0.39, 0.29) is 11.8 Å². The summed E-state index contributed by atoms with van der Waals surface area (Å²) in [7, 11) is 0. The maximum Gasteiger partial charge on any atom is 0.271 e. The van der Waals surface area contributed by atoms with Crippen LogP contribution in [0.25, 0.3) is 0 Å². The number of rotatable bonds is 5. The Kier molecular flexibility index (Phi) is 4.71. The quantitative estimate of drug-likeness (QED) is 0.917. The molecule has 5 nitrogen and oxygen atoms in total. The fourth-order valence-corrected chi connectivity index (χ4v) is 3.19. The fraction of sp³-hybridized carbons (Fsp3) is 0.353. The number of aromatic nitrogens is 1. The van der Waals surface area contributed by atoms with Gasteiger partial charge < -0.3 is 10.2 Å². The van der Waals surface area contributed by atoms with Gasteiger partial charge in [-0.3, -0.25) is 9.59 Å². The molecule has 0 saturated carbocycles. The van der Waals surface area contributed by atoms with E-state index in [1.54, 1.807) is 5.38 Å². The van der Waals surface area contributed by atoms with Crippen molar-refractivity contribution in [1.29, 1.82) is 0 Å². The number of amides is 2. The van der Waals surface area contributed by atoms with Crippen LogP contribution in [-0.4, -0.2) is 28.2 Å². The zero-order chi connectivity index (χ0) is 16.2. The van der Waals surface area contributed by atoms with Crippen LogP contribution in [0.4, 0.5) is 0 Å². The lowest BCUT2D eigenvalue weighted by atomic mass is 10.1. The number of carbonyl (C=O) groups is 2. The Labute approximate surface area is 139 Å². The molecule has 1 aromatic heterocycles. The van der Waals surface area contributed by atoms with Crippen LogP contribution in [0.3, 0.4) is 0 Å². The van der Waals surface area contributed by atoms with Crippen LogP contribution >= 0.6 is 11.3 Å². The number of nitrogens with zero attached hydrogens (tertiary/aromatic N) is 2. The van der Waals surface area contributed by atoms with Crippen LogP contribution < -0.4 is 5.32 Å². The number of nitrogens with one attached hydrogen (secondary N) is 1. The third-order valence-corrected chi connectivity index (χ3v) is 4.65. The van der Waals surface area contributed by atoms with Crippen LogP contribution in [0.5, 0.6) is 0 Å². The topological polar surface area (TPSA) is 62.3 Å². The number of hydrogen-bond acceptors (Lipinski definition) is 4. The number of benzene rings is 1. The van der Waals surface area contributed by atoms with E-state index in [2.05, 4.69) is 10.3 Å². The van der Waals surface area contributed by atoms with Crippen LogP contribution in [0.15, 0.2) is 29.6 Å². The minimum absolute atomic E-state index is 0.152. The first-order chi connectivity index (χ1) is 11.1. The summed E-state index contributed by atoms with van der Waals surface area (Å²) in [5.41, 5.74) is 2.61. The number of thiazole rings is 1. The lowest BCUT2D eigenvalue weighted by molar-refractivity contribution is -0.128. The molecule has 120 valence electrons. The summed E-state index contributed by atoms with van der Waals surface area (Å²) < 4.78 is 0. The van der Waals surface area contributed by atoms with Crippen molar-refractivity contribution in [3.05, 3.63) is 51.5 Å². The molecule has 1 aliphatic heterocycles. The maximum atomic E-state index is 12.0. The summed E-state index contributed by atoms with van der Waals surface area (Å²) in [5.74, 6) is 0.0842. The van der Waals surface area contributed by atoms with E-state index in [4.69, 9.17) is 0 Å². The Morgan fingerprint density at radius 2 is 2.04 bits per heavy atom. The standard InChI is InChI=1S/C17H19N3O2S/c1-12-19-15(11-23-12)17(22)18-9-13-4-6-14(7-5-13)10-20-8-2-3-16(20)21/h4-7,11H,2-3,8-10H2,1H3,(H,18,22). The van der Waals surface area contributed by atoms with E-state index in [1.807, 2.05) is 36.1 Å². The van der Waals surface area contributed by atoms with Gasteiger partial charge in [-0.05, 0) is 24.5 Å². The zero-order valence-corrected chi connectivity index (χ0v) is 13.9. The number of carbonyl (C=O) groups excluding carboxylic acids is 2. The number of likely N-dealkylation sites (tertiary alicyclic amines) is 1. The molecule has 0 spiro atoms. The molecule has 1 aliphatic rings. The van der Waals surface area contributed by atoms with Gasteiger partial charge in [-0.15, -0.1) is 11.3 Å². The van der Waals surface area contributed by atoms with Gasteiger partial charge in [0.2, 0.25) is 5.91 Å². The summed E-state index contributed by atoms with van der Waals surface area (Å²) in [6, 6.07) is 8.01. The highest BCUT2D eigenvalue weighted by Crippen LogP contribution is 2.15. The van der Waals surface area contributed by atoms with E-state index < -0.39 is 0 Å².